The van der Waals surface area contributed by atoms with E-state index < -0.39 is 0 Å². The Hall–Kier alpha value is -2.24. The van der Waals surface area contributed by atoms with Gasteiger partial charge in [-0.15, -0.1) is 0 Å². The van der Waals surface area contributed by atoms with Gasteiger partial charge in [-0.05, 0) is 18.6 Å². The number of ether oxygens (including phenoxy) is 1. The molecule has 0 radical (unpaired) electrons. The Morgan fingerprint density at radius 2 is 1.95 bits per heavy atom. The summed E-state index contributed by atoms with van der Waals surface area (Å²) in [4.78, 5) is 27.5. The Morgan fingerprint density at radius 1 is 1.29 bits per heavy atom. The SMILES string of the molecule is CCCN(CC(=O)N(C)C)C(=O)c1ccc(N)cc1OC. The molecule has 0 aliphatic heterocycles. The van der Waals surface area contributed by atoms with Gasteiger partial charge in [-0.25, -0.2) is 0 Å². The molecule has 0 fully saturated rings. The number of rotatable bonds is 6. The standard InChI is InChI=1S/C15H23N3O3/c1-5-8-18(10-14(19)17(2)3)15(20)12-7-6-11(16)9-13(12)21-4/h6-7,9H,5,8,10,16H2,1-4H3. The normalized spacial score (nSPS) is 10.1. The lowest BCUT2D eigenvalue weighted by Gasteiger charge is -2.24. The molecular formula is C15H23N3O3. The zero-order chi connectivity index (χ0) is 16.0. The number of nitrogen functional groups attached to an aromatic ring is 1. The van der Waals surface area contributed by atoms with Gasteiger partial charge in [0.15, 0.2) is 0 Å². The molecule has 21 heavy (non-hydrogen) atoms. The van der Waals surface area contributed by atoms with Crippen LogP contribution in [0.4, 0.5) is 5.69 Å². The molecule has 0 spiro atoms. The first-order valence-corrected chi connectivity index (χ1v) is 6.83. The number of anilines is 1. The molecule has 0 unspecified atom stereocenters. The van der Waals surface area contributed by atoms with Crippen LogP contribution in [0.3, 0.4) is 0 Å². The maximum absolute atomic E-state index is 12.6. The van der Waals surface area contributed by atoms with Crippen LogP contribution in [0.5, 0.6) is 5.75 Å². The Kier molecular flexibility index (Phi) is 6.02. The van der Waals surface area contributed by atoms with Gasteiger partial charge in [-0.2, -0.15) is 0 Å². The molecule has 0 atom stereocenters. The molecular weight excluding hydrogens is 270 g/mol. The van der Waals surface area contributed by atoms with Crippen molar-refractivity contribution in [2.75, 3.05) is 40.0 Å². The molecule has 2 N–H and O–H groups in total. The van der Waals surface area contributed by atoms with E-state index in [1.54, 1.807) is 32.3 Å². The van der Waals surface area contributed by atoms with E-state index >= 15 is 0 Å². The second-order valence-corrected chi connectivity index (χ2v) is 4.97. The zero-order valence-corrected chi connectivity index (χ0v) is 13.0. The van der Waals surface area contributed by atoms with E-state index in [2.05, 4.69) is 0 Å². The lowest BCUT2D eigenvalue weighted by atomic mass is 10.1. The number of hydrogen-bond donors (Lipinski definition) is 1. The molecule has 1 aromatic rings. The fraction of sp³-hybridized carbons (Fsp3) is 0.467. The summed E-state index contributed by atoms with van der Waals surface area (Å²) in [5, 5.41) is 0. The highest BCUT2D eigenvalue weighted by Crippen LogP contribution is 2.23. The van der Waals surface area contributed by atoms with E-state index in [0.717, 1.165) is 6.42 Å². The van der Waals surface area contributed by atoms with Crippen LogP contribution >= 0.6 is 0 Å². The third kappa shape index (κ3) is 4.37. The third-order valence-corrected chi connectivity index (χ3v) is 3.06. The number of carbonyl (C=O) groups excluding carboxylic acids is 2. The van der Waals surface area contributed by atoms with Gasteiger partial charge >= 0.3 is 0 Å². The Balaban J connectivity index is 3.03. The fourth-order valence-electron chi connectivity index (χ4n) is 1.88. The van der Waals surface area contributed by atoms with Crippen molar-refractivity contribution in [1.29, 1.82) is 0 Å². The molecule has 6 nitrogen and oxygen atoms in total. The molecule has 1 rings (SSSR count). The van der Waals surface area contributed by atoms with E-state index in [0.29, 0.717) is 23.5 Å². The average molecular weight is 293 g/mol. The monoisotopic (exact) mass is 293 g/mol. The van der Waals surface area contributed by atoms with E-state index in [-0.39, 0.29) is 18.4 Å². The molecule has 0 saturated heterocycles. The molecule has 0 heterocycles. The zero-order valence-electron chi connectivity index (χ0n) is 13.0. The van der Waals surface area contributed by atoms with E-state index in [1.807, 2.05) is 6.92 Å². The van der Waals surface area contributed by atoms with Crippen LogP contribution in [0.25, 0.3) is 0 Å². The Bertz CT molecular complexity index is 515. The number of amides is 2. The van der Waals surface area contributed by atoms with Gasteiger partial charge in [0, 0.05) is 32.4 Å². The van der Waals surface area contributed by atoms with E-state index in [1.165, 1.54) is 16.9 Å². The summed E-state index contributed by atoms with van der Waals surface area (Å²) in [5.41, 5.74) is 6.62. The van der Waals surface area contributed by atoms with Crippen molar-refractivity contribution in [3.63, 3.8) is 0 Å². The summed E-state index contributed by atoms with van der Waals surface area (Å²) < 4.78 is 5.21. The fourth-order valence-corrected chi connectivity index (χ4v) is 1.88. The van der Waals surface area contributed by atoms with Crippen LogP contribution in [0, 0.1) is 0 Å². The van der Waals surface area contributed by atoms with Crippen molar-refractivity contribution < 1.29 is 14.3 Å². The maximum Gasteiger partial charge on any atom is 0.258 e. The predicted molar refractivity (Wildman–Crippen MR) is 82.3 cm³/mol. The Morgan fingerprint density at radius 3 is 2.48 bits per heavy atom. The smallest absolute Gasteiger partial charge is 0.258 e. The number of benzene rings is 1. The first-order valence-electron chi connectivity index (χ1n) is 6.83. The molecule has 0 saturated carbocycles. The molecule has 2 amide bonds. The topological polar surface area (TPSA) is 75.9 Å². The molecule has 0 bridgehead atoms. The van der Waals surface area contributed by atoms with E-state index in [4.69, 9.17) is 10.5 Å². The summed E-state index contributed by atoms with van der Waals surface area (Å²) in [6.45, 7) is 2.51. The van der Waals surface area contributed by atoms with Crippen LogP contribution in [-0.4, -0.2) is 55.9 Å². The molecule has 6 heteroatoms. The first kappa shape index (κ1) is 16.8. The van der Waals surface area contributed by atoms with Crippen LogP contribution < -0.4 is 10.5 Å². The van der Waals surface area contributed by atoms with Gasteiger partial charge in [0.1, 0.15) is 12.3 Å². The van der Waals surface area contributed by atoms with Crippen molar-refractivity contribution in [1.82, 2.24) is 9.80 Å². The summed E-state index contributed by atoms with van der Waals surface area (Å²) in [6, 6.07) is 4.87. The van der Waals surface area contributed by atoms with Gasteiger partial charge in [0.2, 0.25) is 5.91 Å². The highest BCUT2D eigenvalue weighted by Gasteiger charge is 2.22. The summed E-state index contributed by atoms with van der Waals surface area (Å²) in [5.74, 6) is 0.0634. The van der Waals surface area contributed by atoms with Crippen molar-refractivity contribution >= 4 is 17.5 Å². The highest BCUT2D eigenvalue weighted by molar-refractivity contribution is 5.99. The minimum absolute atomic E-state index is 0.0488. The lowest BCUT2D eigenvalue weighted by molar-refractivity contribution is -0.129. The van der Waals surface area contributed by atoms with Crippen LogP contribution in [0.1, 0.15) is 23.7 Å². The summed E-state index contributed by atoms with van der Waals surface area (Å²) in [7, 11) is 4.82. The van der Waals surface area contributed by atoms with Crippen molar-refractivity contribution in [3.8, 4) is 5.75 Å². The van der Waals surface area contributed by atoms with Gasteiger partial charge in [0.25, 0.3) is 5.91 Å². The minimum atomic E-state index is -0.232. The maximum atomic E-state index is 12.6. The van der Waals surface area contributed by atoms with Crippen molar-refractivity contribution in [2.24, 2.45) is 0 Å². The third-order valence-electron chi connectivity index (χ3n) is 3.06. The van der Waals surface area contributed by atoms with Crippen LogP contribution in [-0.2, 0) is 4.79 Å². The summed E-state index contributed by atoms with van der Waals surface area (Å²) >= 11 is 0. The van der Waals surface area contributed by atoms with Crippen LogP contribution in [0.2, 0.25) is 0 Å². The highest BCUT2D eigenvalue weighted by atomic mass is 16.5. The first-order chi connectivity index (χ1) is 9.90. The summed E-state index contributed by atoms with van der Waals surface area (Å²) in [6.07, 6.45) is 0.768. The van der Waals surface area contributed by atoms with Crippen molar-refractivity contribution in [2.45, 2.75) is 13.3 Å². The molecule has 0 aliphatic carbocycles. The number of nitrogens with two attached hydrogens (primary N) is 1. The van der Waals surface area contributed by atoms with Gasteiger partial charge in [-0.1, -0.05) is 6.92 Å². The molecule has 0 aromatic heterocycles. The van der Waals surface area contributed by atoms with Gasteiger partial charge < -0.3 is 20.3 Å². The van der Waals surface area contributed by atoms with Gasteiger partial charge in [0.05, 0.1) is 12.7 Å². The quantitative estimate of drug-likeness (QED) is 0.800. The largest absolute Gasteiger partial charge is 0.496 e. The molecule has 116 valence electrons. The van der Waals surface area contributed by atoms with E-state index in [9.17, 15) is 9.59 Å². The molecule has 1 aromatic carbocycles. The minimum Gasteiger partial charge on any atom is -0.496 e. The van der Waals surface area contributed by atoms with Gasteiger partial charge in [-0.3, -0.25) is 9.59 Å². The Labute approximate surface area is 125 Å². The predicted octanol–water partition coefficient (Wildman–Crippen LogP) is 1.22. The van der Waals surface area contributed by atoms with Crippen LogP contribution in [0.15, 0.2) is 18.2 Å². The number of carbonyl (C=O) groups is 2. The second-order valence-electron chi connectivity index (χ2n) is 4.97. The average Bonchev–Trinajstić information content (AvgIpc) is 2.45. The number of likely N-dealkylation sites (N-methyl/N-ethyl adjacent to an activating group) is 1. The molecule has 0 aliphatic rings. The number of hydrogen-bond acceptors (Lipinski definition) is 4. The second kappa shape index (κ2) is 7.52. The number of methoxy groups -OCH3 is 1. The lowest BCUT2D eigenvalue weighted by Crippen LogP contribution is -2.40. The number of nitrogens with zero attached hydrogens (tertiary/aromatic N) is 2. The van der Waals surface area contributed by atoms with Crippen molar-refractivity contribution in [3.05, 3.63) is 23.8 Å².